The highest BCUT2D eigenvalue weighted by atomic mass is 32.2. The molecule has 1 aromatic carbocycles. The van der Waals surface area contributed by atoms with Gasteiger partial charge in [0.15, 0.2) is 5.17 Å². The zero-order chi connectivity index (χ0) is 18.4. The lowest BCUT2D eigenvalue weighted by Crippen LogP contribution is -2.19. The average molecular weight is 363 g/mol. The van der Waals surface area contributed by atoms with Crippen LogP contribution in [0.15, 0.2) is 39.4 Å². The maximum Gasteiger partial charge on any atom is 0.341 e. The minimum atomic E-state index is -0.685. The van der Waals surface area contributed by atoms with E-state index in [0.29, 0.717) is 5.56 Å². The number of hydrogen-bond acceptors (Lipinski definition) is 9. The number of amidine groups is 1. The Kier molecular flexibility index (Phi) is 5.90. The number of rotatable bonds is 4. The van der Waals surface area contributed by atoms with Crippen LogP contribution < -0.4 is 5.32 Å². The predicted molar refractivity (Wildman–Crippen MR) is 90.3 cm³/mol. The van der Waals surface area contributed by atoms with E-state index < -0.39 is 17.8 Å². The van der Waals surface area contributed by atoms with Crippen molar-refractivity contribution in [2.45, 2.75) is 0 Å². The van der Waals surface area contributed by atoms with Crippen molar-refractivity contribution in [1.29, 1.82) is 0 Å². The van der Waals surface area contributed by atoms with Crippen LogP contribution in [0.2, 0.25) is 0 Å². The molecular weight excluding hydrogens is 350 g/mol. The number of aromatic hydroxyl groups is 1. The van der Waals surface area contributed by atoms with Crippen molar-refractivity contribution in [3.05, 3.63) is 40.3 Å². The molecule has 130 valence electrons. The first-order valence-corrected chi connectivity index (χ1v) is 7.57. The monoisotopic (exact) mass is 363 g/mol. The fraction of sp³-hybridized carbons (Fsp3) is 0.133. The van der Waals surface area contributed by atoms with E-state index in [0.717, 1.165) is 17.8 Å². The van der Waals surface area contributed by atoms with E-state index in [4.69, 9.17) is 0 Å². The van der Waals surface area contributed by atoms with Crippen molar-refractivity contribution < 1.29 is 29.0 Å². The fourth-order valence-corrected chi connectivity index (χ4v) is 2.44. The lowest BCUT2D eigenvalue weighted by atomic mass is 10.1. The van der Waals surface area contributed by atoms with Gasteiger partial charge in [-0.3, -0.25) is 10.1 Å². The van der Waals surface area contributed by atoms with E-state index in [1.165, 1.54) is 38.6 Å². The molecule has 0 radical (unpaired) electrons. The van der Waals surface area contributed by atoms with Gasteiger partial charge in [0.2, 0.25) is 0 Å². The molecule has 10 heteroatoms. The maximum atomic E-state index is 11.6. The average Bonchev–Trinajstić information content (AvgIpc) is 2.95. The zero-order valence-electron chi connectivity index (χ0n) is 13.2. The number of carbonyl (C=O) groups excluding carboxylic acids is 3. The number of nitrogens with one attached hydrogen (secondary N) is 1. The van der Waals surface area contributed by atoms with Crippen LogP contribution in [-0.4, -0.2) is 48.6 Å². The van der Waals surface area contributed by atoms with Crippen molar-refractivity contribution in [2.75, 3.05) is 14.2 Å². The topological polar surface area (TPSA) is 127 Å². The summed E-state index contributed by atoms with van der Waals surface area (Å²) in [5.41, 5.74) is 0.480. The van der Waals surface area contributed by atoms with E-state index in [1.807, 2.05) is 0 Å². The summed E-state index contributed by atoms with van der Waals surface area (Å²) in [6.45, 7) is 0. The molecule has 1 amide bonds. The molecule has 0 aliphatic carbocycles. The van der Waals surface area contributed by atoms with Crippen LogP contribution in [0.25, 0.3) is 0 Å². The summed E-state index contributed by atoms with van der Waals surface area (Å²) in [5, 5.41) is 19.9. The number of carbonyl (C=O) groups is 3. The molecule has 1 heterocycles. The molecular formula is C15H13N3O6S. The summed E-state index contributed by atoms with van der Waals surface area (Å²) in [5.74, 6) is -2.04. The third kappa shape index (κ3) is 4.67. The van der Waals surface area contributed by atoms with Gasteiger partial charge in [0.1, 0.15) is 11.3 Å². The van der Waals surface area contributed by atoms with Gasteiger partial charge < -0.3 is 14.6 Å². The number of amides is 1. The summed E-state index contributed by atoms with van der Waals surface area (Å²) >= 11 is 0.933. The van der Waals surface area contributed by atoms with Crippen LogP contribution in [0.4, 0.5) is 0 Å². The number of hydrogen-bond donors (Lipinski definition) is 2. The Bertz CT molecular complexity index is 815. The maximum absolute atomic E-state index is 11.6. The van der Waals surface area contributed by atoms with Crippen LogP contribution in [0.3, 0.4) is 0 Å². The first-order valence-electron chi connectivity index (χ1n) is 6.75. The second-order valence-corrected chi connectivity index (χ2v) is 5.54. The molecule has 1 aliphatic rings. The normalized spacial score (nSPS) is 17.1. The minimum absolute atomic E-state index is 0.00838. The molecule has 0 saturated carbocycles. The summed E-state index contributed by atoms with van der Waals surface area (Å²) < 4.78 is 9.00. The number of nitrogens with zero attached hydrogens (tertiary/aromatic N) is 2. The molecule has 9 nitrogen and oxygen atoms in total. The van der Waals surface area contributed by atoms with E-state index in [-0.39, 0.29) is 21.4 Å². The second-order valence-electron chi connectivity index (χ2n) is 4.51. The number of phenols is 1. The van der Waals surface area contributed by atoms with Crippen LogP contribution in [0, 0.1) is 0 Å². The summed E-state index contributed by atoms with van der Waals surface area (Å²) in [6, 6.07) is 4.23. The van der Waals surface area contributed by atoms with Gasteiger partial charge in [-0.1, -0.05) is 0 Å². The Morgan fingerprint density at radius 2 is 2.04 bits per heavy atom. The highest BCUT2D eigenvalue weighted by Crippen LogP contribution is 2.23. The molecule has 1 saturated heterocycles. The molecule has 2 rings (SSSR count). The van der Waals surface area contributed by atoms with E-state index in [2.05, 4.69) is 25.0 Å². The van der Waals surface area contributed by atoms with Crippen molar-refractivity contribution in [3.8, 4) is 5.75 Å². The smallest absolute Gasteiger partial charge is 0.341 e. The largest absolute Gasteiger partial charge is 0.507 e. The molecule has 1 aliphatic heterocycles. The number of ether oxygens (including phenoxy) is 2. The van der Waals surface area contributed by atoms with Crippen LogP contribution in [0.5, 0.6) is 5.75 Å². The Labute approximate surface area is 146 Å². The van der Waals surface area contributed by atoms with E-state index in [1.54, 1.807) is 0 Å². The number of methoxy groups -OCH3 is 2. The molecule has 2 N–H and O–H groups in total. The second kappa shape index (κ2) is 8.11. The first kappa shape index (κ1) is 18.2. The molecule has 1 aromatic rings. The van der Waals surface area contributed by atoms with Crippen LogP contribution in [-0.2, 0) is 19.1 Å². The molecule has 0 bridgehead atoms. The number of phenolic OH excluding ortho intramolecular Hbond substituents is 1. The van der Waals surface area contributed by atoms with Gasteiger partial charge in [-0.25, -0.2) is 9.59 Å². The van der Waals surface area contributed by atoms with Gasteiger partial charge in [0.25, 0.3) is 5.91 Å². The fourth-order valence-electron chi connectivity index (χ4n) is 1.70. The summed E-state index contributed by atoms with van der Waals surface area (Å²) in [4.78, 5) is 34.4. The molecule has 0 unspecified atom stereocenters. The number of esters is 2. The predicted octanol–water partition coefficient (Wildman–Crippen LogP) is 0.789. The quantitative estimate of drug-likeness (QED) is 0.350. The van der Waals surface area contributed by atoms with Crippen molar-refractivity contribution in [2.24, 2.45) is 10.2 Å². The lowest BCUT2D eigenvalue weighted by Gasteiger charge is -2.02. The highest BCUT2D eigenvalue weighted by molar-refractivity contribution is 8.18. The molecule has 0 aromatic heterocycles. The SMILES string of the molecule is COC(=O)/C=C1/S/C(=N\N=Cc2ccc(O)c(C(=O)OC)c2)NC1=O. The van der Waals surface area contributed by atoms with Crippen molar-refractivity contribution >= 4 is 41.0 Å². The van der Waals surface area contributed by atoms with Gasteiger partial charge in [-0.15, -0.1) is 5.10 Å². The van der Waals surface area contributed by atoms with Crippen molar-refractivity contribution in [1.82, 2.24) is 5.32 Å². The van der Waals surface area contributed by atoms with E-state index in [9.17, 15) is 19.5 Å². The number of thioether (sulfide) groups is 1. The summed E-state index contributed by atoms with van der Waals surface area (Å²) in [6.07, 6.45) is 2.38. The van der Waals surface area contributed by atoms with Gasteiger partial charge in [-0.2, -0.15) is 5.10 Å². The Balaban J connectivity index is 2.12. The van der Waals surface area contributed by atoms with Gasteiger partial charge in [0.05, 0.1) is 25.3 Å². The third-order valence-electron chi connectivity index (χ3n) is 2.88. The lowest BCUT2D eigenvalue weighted by molar-refractivity contribution is -0.135. The van der Waals surface area contributed by atoms with Crippen LogP contribution >= 0.6 is 11.8 Å². The number of benzene rings is 1. The standard InChI is InChI=1S/C15H13N3O6S/c1-23-12(20)6-11-13(21)17-15(25-11)18-16-7-8-3-4-10(19)9(5-8)14(22)24-2/h3-7,19H,1-2H3,(H,17,18,21)/b11-6+,16-7?. The molecule has 25 heavy (non-hydrogen) atoms. The Morgan fingerprint density at radius 3 is 2.72 bits per heavy atom. The first-order chi connectivity index (χ1) is 11.9. The van der Waals surface area contributed by atoms with E-state index >= 15 is 0 Å². The van der Waals surface area contributed by atoms with Crippen molar-refractivity contribution in [3.63, 3.8) is 0 Å². The van der Waals surface area contributed by atoms with Gasteiger partial charge in [0, 0.05) is 6.08 Å². The Hall–Kier alpha value is -3.14. The zero-order valence-corrected chi connectivity index (χ0v) is 14.0. The Morgan fingerprint density at radius 1 is 1.28 bits per heavy atom. The highest BCUT2D eigenvalue weighted by Gasteiger charge is 2.25. The van der Waals surface area contributed by atoms with Crippen LogP contribution in [0.1, 0.15) is 15.9 Å². The van der Waals surface area contributed by atoms with Gasteiger partial charge >= 0.3 is 11.9 Å². The van der Waals surface area contributed by atoms with Gasteiger partial charge in [-0.05, 0) is 35.5 Å². The molecule has 0 spiro atoms. The minimum Gasteiger partial charge on any atom is -0.507 e. The third-order valence-corrected chi connectivity index (χ3v) is 3.78. The summed E-state index contributed by atoms with van der Waals surface area (Å²) in [7, 11) is 2.41. The molecule has 1 fully saturated rings. The molecule has 0 atom stereocenters.